The number of ether oxygens (including phenoxy) is 2. The molecule has 1 fully saturated rings. The minimum absolute atomic E-state index is 0.337. The van der Waals surface area contributed by atoms with Crippen LogP contribution in [0.1, 0.15) is 43.2 Å². The number of benzene rings is 1. The number of rotatable bonds is 7. The van der Waals surface area contributed by atoms with Gasteiger partial charge in [-0.1, -0.05) is 24.6 Å². The van der Waals surface area contributed by atoms with Gasteiger partial charge < -0.3 is 19.3 Å². The maximum absolute atomic E-state index is 5.48. The lowest BCUT2D eigenvalue weighted by atomic mass is 9.96. The lowest BCUT2D eigenvalue weighted by Gasteiger charge is -2.22. The van der Waals surface area contributed by atoms with Crippen LogP contribution in [-0.2, 0) is 12.8 Å². The first kappa shape index (κ1) is 17.4. The van der Waals surface area contributed by atoms with E-state index < -0.39 is 0 Å². The van der Waals surface area contributed by atoms with Crippen LogP contribution in [0.25, 0.3) is 0 Å². The SMILES string of the molecule is Cc1cc(C[C@@H]2CCC[C@H]2NC[C@H](C)Cc2ccc3c(c2)OCO3)on1. The molecule has 0 amide bonds. The second-order valence-electron chi connectivity index (χ2n) is 7.84. The van der Waals surface area contributed by atoms with E-state index in [1.54, 1.807) is 0 Å². The van der Waals surface area contributed by atoms with Crippen molar-refractivity contribution in [3.8, 4) is 11.5 Å². The highest BCUT2D eigenvalue weighted by Crippen LogP contribution is 2.33. The summed E-state index contributed by atoms with van der Waals surface area (Å²) in [5, 5.41) is 7.83. The Bertz CT molecular complexity index is 743. The number of nitrogens with one attached hydrogen (secondary N) is 1. The topological polar surface area (TPSA) is 56.5 Å². The van der Waals surface area contributed by atoms with Crippen LogP contribution in [0, 0.1) is 18.8 Å². The van der Waals surface area contributed by atoms with Gasteiger partial charge in [-0.15, -0.1) is 0 Å². The second-order valence-corrected chi connectivity index (χ2v) is 7.84. The first-order valence-electron chi connectivity index (χ1n) is 9.71. The van der Waals surface area contributed by atoms with Gasteiger partial charge in [-0.25, -0.2) is 0 Å². The van der Waals surface area contributed by atoms with Crippen LogP contribution in [0.3, 0.4) is 0 Å². The predicted octanol–water partition coefficient (Wildman–Crippen LogP) is 3.89. The van der Waals surface area contributed by atoms with Crippen LogP contribution in [0.4, 0.5) is 0 Å². The van der Waals surface area contributed by atoms with Crippen molar-refractivity contribution in [1.82, 2.24) is 10.5 Å². The third kappa shape index (κ3) is 4.04. The summed E-state index contributed by atoms with van der Waals surface area (Å²) in [4.78, 5) is 0. The molecule has 3 atom stereocenters. The van der Waals surface area contributed by atoms with Crippen molar-refractivity contribution in [2.75, 3.05) is 13.3 Å². The fourth-order valence-corrected chi connectivity index (χ4v) is 4.22. The first-order valence-corrected chi connectivity index (χ1v) is 9.71. The van der Waals surface area contributed by atoms with E-state index in [9.17, 15) is 0 Å². The maximum Gasteiger partial charge on any atom is 0.231 e. The van der Waals surface area contributed by atoms with Gasteiger partial charge in [0.05, 0.1) is 5.69 Å². The maximum atomic E-state index is 5.48. The molecule has 0 saturated heterocycles. The van der Waals surface area contributed by atoms with Crippen molar-refractivity contribution in [2.24, 2.45) is 11.8 Å². The van der Waals surface area contributed by atoms with Gasteiger partial charge in [0.2, 0.25) is 6.79 Å². The van der Waals surface area contributed by atoms with Crippen LogP contribution >= 0.6 is 0 Å². The molecule has 1 aliphatic carbocycles. The zero-order valence-electron chi connectivity index (χ0n) is 15.7. The summed E-state index contributed by atoms with van der Waals surface area (Å²) < 4.78 is 16.3. The third-order valence-corrected chi connectivity index (χ3v) is 5.55. The van der Waals surface area contributed by atoms with E-state index in [1.165, 1.54) is 24.8 Å². The summed E-state index contributed by atoms with van der Waals surface area (Å²) in [7, 11) is 0. The molecule has 4 rings (SSSR count). The number of fused-ring (bicyclic) bond motifs is 1. The lowest BCUT2D eigenvalue weighted by molar-refractivity contribution is 0.174. The van der Waals surface area contributed by atoms with E-state index in [2.05, 4.69) is 35.6 Å². The Kier molecular flexibility index (Phi) is 5.16. The smallest absolute Gasteiger partial charge is 0.231 e. The minimum atomic E-state index is 0.337. The summed E-state index contributed by atoms with van der Waals surface area (Å²) >= 11 is 0. The molecule has 1 aromatic heterocycles. The monoisotopic (exact) mass is 356 g/mol. The molecular weight excluding hydrogens is 328 g/mol. The highest BCUT2D eigenvalue weighted by molar-refractivity contribution is 5.44. The van der Waals surface area contributed by atoms with Gasteiger partial charge in [0.15, 0.2) is 11.5 Å². The summed E-state index contributed by atoms with van der Waals surface area (Å²) in [5.74, 6) is 3.98. The molecule has 2 heterocycles. The van der Waals surface area contributed by atoms with Crippen LogP contribution in [-0.4, -0.2) is 24.5 Å². The van der Waals surface area contributed by atoms with Crippen molar-refractivity contribution in [3.05, 3.63) is 41.3 Å². The average molecular weight is 356 g/mol. The standard InChI is InChI=1S/C21H28N2O3/c1-14(8-16-6-7-20-21(10-16)25-13-24-20)12-22-19-5-3-4-17(19)11-18-9-15(2)23-26-18/h6-7,9-10,14,17,19,22H,3-5,8,11-13H2,1-2H3/t14-,17+,19-/m1/s1. The van der Waals surface area contributed by atoms with E-state index in [0.29, 0.717) is 24.7 Å². The van der Waals surface area contributed by atoms with E-state index >= 15 is 0 Å². The van der Waals surface area contributed by atoms with E-state index in [0.717, 1.165) is 42.3 Å². The van der Waals surface area contributed by atoms with Crippen molar-refractivity contribution >= 4 is 0 Å². The lowest BCUT2D eigenvalue weighted by Crippen LogP contribution is -2.36. The van der Waals surface area contributed by atoms with Gasteiger partial charge in [-0.3, -0.25) is 0 Å². The molecule has 5 heteroatoms. The largest absolute Gasteiger partial charge is 0.454 e. The molecule has 0 spiro atoms. The molecule has 0 bridgehead atoms. The Morgan fingerprint density at radius 1 is 1.19 bits per heavy atom. The first-order chi connectivity index (χ1) is 12.7. The van der Waals surface area contributed by atoms with Gasteiger partial charge in [-0.05, 0) is 62.3 Å². The zero-order chi connectivity index (χ0) is 17.9. The molecule has 5 nitrogen and oxygen atoms in total. The molecule has 0 radical (unpaired) electrons. The zero-order valence-corrected chi connectivity index (χ0v) is 15.7. The molecule has 1 saturated carbocycles. The quantitative estimate of drug-likeness (QED) is 0.816. The van der Waals surface area contributed by atoms with Gasteiger partial charge >= 0.3 is 0 Å². The van der Waals surface area contributed by atoms with Crippen molar-refractivity contribution in [2.45, 2.75) is 52.0 Å². The van der Waals surface area contributed by atoms with Gasteiger partial charge in [0.1, 0.15) is 5.76 Å². The fourth-order valence-electron chi connectivity index (χ4n) is 4.22. The van der Waals surface area contributed by atoms with Crippen molar-refractivity contribution in [3.63, 3.8) is 0 Å². The summed E-state index contributed by atoms with van der Waals surface area (Å²) in [6, 6.07) is 8.93. The van der Waals surface area contributed by atoms with E-state index in [1.807, 2.05) is 13.0 Å². The Morgan fingerprint density at radius 2 is 2.08 bits per heavy atom. The second kappa shape index (κ2) is 7.70. The number of nitrogens with zero attached hydrogens (tertiary/aromatic N) is 1. The van der Waals surface area contributed by atoms with Crippen LogP contribution in [0.15, 0.2) is 28.8 Å². The normalized spacial score (nSPS) is 22.7. The summed E-state index contributed by atoms with van der Waals surface area (Å²) in [6.45, 7) is 5.66. The summed E-state index contributed by atoms with van der Waals surface area (Å²) in [5.41, 5.74) is 2.28. The van der Waals surface area contributed by atoms with Crippen molar-refractivity contribution in [1.29, 1.82) is 0 Å². The Labute approximate surface area is 155 Å². The molecule has 1 aliphatic heterocycles. The number of aromatic nitrogens is 1. The van der Waals surface area contributed by atoms with Crippen LogP contribution < -0.4 is 14.8 Å². The molecule has 0 unspecified atom stereocenters. The predicted molar refractivity (Wildman–Crippen MR) is 99.5 cm³/mol. The Hall–Kier alpha value is -2.01. The number of hydrogen-bond acceptors (Lipinski definition) is 5. The third-order valence-electron chi connectivity index (χ3n) is 5.55. The Balaban J connectivity index is 1.27. The molecular formula is C21H28N2O3. The van der Waals surface area contributed by atoms with Gasteiger partial charge in [-0.2, -0.15) is 0 Å². The van der Waals surface area contributed by atoms with E-state index in [4.69, 9.17) is 14.0 Å². The fraction of sp³-hybridized carbons (Fsp3) is 0.571. The van der Waals surface area contributed by atoms with E-state index in [-0.39, 0.29) is 0 Å². The van der Waals surface area contributed by atoms with Gasteiger partial charge in [0, 0.05) is 18.5 Å². The highest BCUT2D eigenvalue weighted by atomic mass is 16.7. The summed E-state index contributed by atoms with van der Waals surface area (Å²) in [6.07, 6.45) is 5.87. The highest BCUT2D eigenvalue weighted by Gasteiger charge is 2.28. The molecule has 1 aromatic carbocycles. The van der Waals surface area contributed by atoms with Crippen LogP contribution in [0.5, 0.6) is 11.5 Å². The number of hydrogen-bond donors (Lipinski definition) is 1. The average Bonchev–Trinajstić information content (AvgIpc) is 3.34. The molecule has 1 N–H and O–H groups in total. The molecule has 26 heavy (non-hydrogen) atoms. The van der Waals surface area contributed by atoms with Crippen molar-refractivity contribution < 1.29 is 14.0 Å². The minimum Gasteiger partial charge on any atom is -0.454 e. The number of aryl methyl sites for hydroxylation is 1. The molecule has 2 aliphatic rings. The van der Waals surface area contributed by atoms with Gasteiger partial charge in [0.25, 0.3) is 0 Å². The van der Waals surface area contributed by atoms with Crippen LogP contribution in [0.2, 0.25) is 0 Å². The molecule has 2 aromatic rings. The Morgan fingerprint density at radius 3 is 2.92 bits per heavy atom. The molecule has 140 valence electrons.